The van der Waals surface area contributed by atoms with Crippen LogP contribution in [-0.2, 0) is 0 Å². The van der Waals surface area contributed by atoms with Crippen LogP contribution in [0.2, 0.25) is 0 Å². The number of hydrogen-bond acceptors (Lipinski definition) is 5. The maximum atomic E-state index is 5.36. The third kappa shape index (κ3) is 2.68. The molecule has 1 aromatic heterocycles. The van der Waals surface area contributed by atoms with E-state index in [4.69, 9.17) is 9.47 Å². The average molecular weight is 293 g/mol. The molecule has 0 amide bonds. The molecule has 1 heterocycles. The van der Waals surface area contributed by atoms with Crippen molar-refractivity contribution in [3.63, 3.8) is 0 Å². The summed E-state index contributed by atoms with van der Waals surface area (Å²) < 4.78 is 10.7. The number of methoxy groups -OCH3 is 2. The van der Waals surface area contributed by atoms with Crippen molar-refractivity contribution in [2.45, 2.75) is 0 Å². The largest absolute Gasteiger partial charge is 0.493 e. The second kappa shape index (κ2) is 5.93. The molecule has 0 saturated carbocycles. The van der Waals surface area contributed by atoms with Gasteiger partial charge in [0, 0.05) is 17.1 Å². The number of aromatic nitrogens is 2. The Morgan fingerprint density at radius 3 is 2.50 bits per heavy atom. The number of hydrogen-bond donors (Lipinski definition) is 1. The summed E-state index contributed by atoms with van der Waals surface area (Å²) in [6.07, 6.45) is 1.53. The highest BCUT2D eigenvalue weighted by atomic mass is 16.5. The summed E-state index contributed by atoms with van der Waals surface area (Å²) in [7, 11) is 5.27. The number of nitrogens with one attached hydrogen (secondary N) is 1. The maximum absolute atomic E-state index is 5.36. The van der Waals surface area contributed by atoms with Crippen molar-refractivity contribution in [2.24, 2.45) is 0 Å². The standard InChI is InChI=1S/C16H16BN3O2/c1-21-14-7-12-13(8-15(14)22-2)18-9-19-16(12)20-11-5-3-4-10(17)6-11/h3-9H,17H2,1-2H3,(H,18,19,20). The minimum atomic E-state index is 0.648. The maximum Gasteiger partial charge on any atom is 0.162 e. The molecule has 0 atom stereocenters. The van der Waals surface area contributed by atoms with Gasteiger partial charge in [-0.1, -0.05) is 17.6 Å². The van der Waals surface area contributed by atoms with Gasteiger partial charge < -0.3 is 14.8 Å². The lowest BCUT2D eigenvalue weighted by Crippen LogP contribution is -2.03. The number of ether oxygens (including phenoxy) is 2. The summed E-state index contributed by atoms with van der Waals surface area (Å²) in [5.74, 6) is 2.03. The first-order valence-electron chi connectivity index (χ1n) is 6.91. The topological polar surface area (TPSA) is 56.3 Å². The molecule has 3 aromatic rings. The predicted molar refractivity (Wildman–Crippen MR) is 90.5 cm³/mol. The lowest BCUT2D eigenvalue weighted by molar-refractivity contribution is 0.356. The van der Waals surface area contributed by atoms with Gasteiger partial charge in [0.05, 0.1) is 19.7 Å². The second-order valence-electron chi connectivity index (χ2n) is 4.94. The van der Waals surface area contributed by atoms with Crippen molar-refractivity contribution in [1.82, 2.24) is 9.97 Å². The normalized spacial score (nSPS) is 10.5. The Morgan fingerprint density at radius 2 is 1.77 bits per heavy atom. The quantitative estimate of drug-likeness (QED) is 0.741. The van der Waals surface area contributed by atoms with E-state index in [2.05, 4.69) is 35.3 Å². The van der Waals surface area contributed by atoms with Crippen molar-refractivity contribution < 1.29 is 9.47 Å². The molecule has 1 N–H and O–H groups in total. The van der Waals surface area contributed by atoms with Crippen molar-refractivity contribution in [1.29, 1.82) is 0 Å². The molecule has 22 heavy (non-hydrogen) atoms. The van der Waals surface area contributed by atoms with Crippen LogP contribution < -0.4 is 20.3 Å². The molecule has 0 aliphatic heterocycles. The minimum absolute atomic E-state index is 0.648. The van der Waals surface area contributed by atoms with Gasteiger partial charge in [0.25, 0.3) is 0 Å². The zero-order chi connectivity index (χ0) is 15.5. The van der Waals surface area contributed by atoms with Gasteiger partial charge in [0.15, 0.2) is 11.5 Å². The fourth-order valence-electron chi connectivity index (χ4n) is 2.34. The van der Waals surface area contributed by atoms with Crippen LogP contribution in [0.25, 0.3) is 10.9 Å². The van der Waals surface area contributed by atoms with Crippen molar-refractivity contribution in [3.05, 3.63) is 42.7 Å². The zero-order valence-corrected chi connectivity index (χ0v) is 12.8. The van der Waals surface area contributed by atoms with Gasteiger partial charge in [0.2, 0.25) is 0 Å². The summed E-state index contributed by atoms with van der Waals surface area (Å²) in [6.45, 7) is 0. The molecule has 0 bridgehead atoms. The van der Waals surface area contributed by atoms with E-state index in [-0.39, 0.29) is 0 Å². The van der Waals surface area contributed by atoms with E-state index in [0.29, 0.717) is 11.5 Å². The first-order chi connectivity index (χ1) is 10.7. The van der Waals surface area contributed by atoms with Crippen molar-refractivity contribution >= 4 is 35.7 Å². The van der Waals surface area contributed by atoms with E-state index in [9.17, 15) is 0 Å². The van der Waals surface area contributed by atoms with Crippen LogP contribution in [-0.4, -0.2) is 32.0 Å². The van der Waals surface area contributed by atoms with Crippen LogP contribution in [0.3, 0.4) is 0 Å². The predicted octanol–water partition coefficient (Wildman–Crippen LogP) is 1.65. The molecule has 5 nitrogen and oxygen atoms in total. The summed E-state index contributed by atoms with van der Waals surface area (Å²) in [5, 5.41) is 4.21. The lowest BCUT2D eigenvalue weighted by Gasteiger charge is -2.12. The average Bonchev–Trinajstić information content (AvgIpc) is 2.54. The number of nitrogens with zero attached hydrogens (tertiary/aromatic N) is 2. The van der Waals surface area contributed by atoms with Crippen LogP contribution in [0.1, 0.15) is 0 Å². The highest BCUT2D eigenvalue weighted by Crippen LogP contribution is 2.34. The summed E-state index contributed by atoms with van der Waals surface area (Å²) in [5.41, 5.74) is 2.96. The molecule has 2 aromatic carbocycles. The van der Waals surface area contributed by atoms with Gasteiger partial charge >= 0.3 is 0 Å². The van der Waals surface area contributed by atoms with Gasteiger partial charge in [-0.15, -0.1) is 0 Å². The Labute approximate surface area is 129 Å². The van der Waals surface area contributed by atoms with Crippen LogP contribution in [0, 0.1) is 0 Å². The highest BCUT2D eigenvalue weighted by Gasteiger charge is 2.11. The molecular weight excluding hydrogens is 277 g/mol. The van der Waals surface area contributed by atoms with Crippen LogP contribution >= 0.6 is 0 Å². The summed E-state index contributed by atoms with van der Waals surface area (Å²) >= 11 is 0. The van der Waals surface area contributed by atoms with Crippen LogP contribution in [0.5, 0.6) is 11.5 Å². The molecule has 0 aliphatic carbocycles. The van der Waals surface area contributed by atoms with E-state index >= 15 is 0 Å². The minimum Gasteiger partial charge on any atom is -0.493 e. The Bertz CT molecular complexity index is 824. The molecule has 0 saturated heterocycles. The van der Waals surface area contributed by atoms with Gasteiger partial charge in [-0.25, -0.2) is 9.97 Å². The highest BCUT2D eigenvalue weighted by molar-refractivity contribution is 6.32. The molecule has 0 unspecified atom stereocenters. The first kappa shape index (κ1) is 14.2. The third-order valence-electron chi connectivity index (χ3n) is 3.42. The number of anilines is 2. The Hall–Kier alpha value is -2.76. The van der Waals surface area contributed by atoms with Crippen LogP contribution in [0.15, 0.2) is 42.7 Å². The van der Waals surface area contributed by atoms with E-state index in [1.165, 1.54) is 11.8 Å². The van der Waals surface area contributed by atoms with Crippen LogP contribution in [0.4, 0.5) is 11.5 Å². The summed E-state index contributed by atoms with van der Waals surface area (Å²) in [6, 6.07) is 11.8. The smallest absolute Gasteiger partial charge is 0.162 e. The fraction of sp³-hybridized carbons (Fsp3) is 0.125. The molecule has 6 heteroatoms. The van der Waals surface area contributed by atoms with Gasteiger partial charge in [0.1, 0.15) is 20.0 Å². The lowest BCUT2D eigenvalue weighted by atomic mass is 9.96. The third-order valence-corrected chi connectivity index (χ3v) is 3.42. The molecule has 0 aliphatic rings. The Morgan fingerprint density at radius 1 is 1.00 bits per heavy atom. The van der Waals surface area contributed by atoms with Crippen molar-refractivity contribution in [3.8, 4) is 11.5 Å². The van der Waals surface area contributed by atoms with Gasteiger partial charge in [-0.05, 0) is 18.2 Å². The first-order valence-corrected chi connectivity index (χ1v) is 6.91. The molecular formula is C16H16BN3O2. The summed E-state index contributed by atoms with van der Waals surface area (Å²) in [4.78, 5) is 8.64. The molecule has 0 radical (unpaired) electrons. The van der Waals surface area contributed by atoms with Gasteiger partial charge in [-0.2, -0.15) is 0 Å². The Kier molecular flexibility index (Phi) is 3.83. The molecule has 3 rings (SSSR count). The molecule has 110 valence electrons. The van der Waals surface area contributed by atoms with Crippen molar-refractivity contribution in [2.75, 3.05) is 19.5 Å². The number of benzene rings is 2. The van der Waals surface area contributed by atoms with E-state index < -0.39 is 0 Å². The Balaban J connectivity index is 2.09. The van der Waals surface area contributed by atoms with E-state index in [1.54, 1.807) is 14.2 Å². The molecule has 0 fully saturated rings. The van der Waals surface area contributed by atoms with Gasteiger partial charge in [-0.3, -0.25) is 0 Å². The SMILES string of the molecule is Bc1cccc(Nc2ncnc3cc(OC)c(OC)cc23)c1. The van der Waals surface area contributed by atoms with E-state index in [1.807, 2.05) is 24.3 Å². The molecule has 0 spiro atoms. The monoisotopic (exact) mass is 293 g/mol. The number of fused-ring (bicyclic) bond motifs is 1. The fourth-order valence-corrected chi connectivity index (χ4v) is 2.34. The number of rotatable bonds is 4. The second-order valence-corrected chi connectivity index (χ2v) is 4.94. The van der Waals surface area contributed by atoms with E-state index in [0.717, 1.165) is 22.4 Å². The zero-order valence-electron chi connectivity index (χ0n) is 12.8.